The van der Waals surface area contributed by atoms with Crippen molar-refractivity contribution in [3.63, 3.8) is 0 Å². The predicted molar refractivity (Wildman–Crippen MR) is 69.3 cm³/mol. The molecule has 0 unspecified atom stereocenters. The maximum atomic E-state index is 12.7. The van der Waals surface area contributed by atoms with Gasteiger partial charge >= 0.3 is 6.18 Å². The van der Waals surface area contributed by atoms with Crippen LogP contribution in [0.15, 0.2) is 29.3 Å². The minimum absolute atomic E-state index is 0.366. The molecule has 0 radical (unpaired) electrons. The summed E-state index contributed by atoms with van der Waals surface area (Å²) < 4.78 is 43.6. The fourth-order valence-electron chi connectivity index (χ4n) is 2.12. The van der Waals surface area contributed by atoms with Gasteiger partial charge in [-0.25, -0.2) is 0 Å². The third-order valence-corrected chi connectivity index (χ3v) is 3.21. The first-order valence-electron chi connectivity index (χ1n) is 6.18. The van der Waals surface area contributed by atoms with Gasteiger partial charge in [-0.05, 0) is 17.7 Å². The monoisotopic (exact) mass is 287 g/mol. The van der Waals surface area contributed by atoms with Crippen molar-refractivity contribution in [2.75, 3.05) is 26.7 Å². The van der Waals surface area contributed by atoms with Crippen LogP contribution >= 0.6 is 0 Å². The van der Waals surface area contributed by atoms with Crippen molar-refractivity contribution < 1.29 is 17.9 Å². The third kappa shape index (κ3) is 3.22. The normalized spacial score (nSPS) is 21.1. The van der Waals surface area contributed by atoms with Gasteiger partial charge in [-0.15, -0.1) is 0 Å². The van der Waals surface area contributed by atoms with Gasteiger partial charge < -0.3 is 15.4 Å². The lowest BCUT2D eigenvalue weighted by Gasteiger charge is -2.33. The Labute approximate surface area is 115 Å². The number of nitrogens with two attached hydrogens (primary N) is 1. The number of aliphatic imine (C=N–C) groups is 1. The number of halogens is 3. The Morgan fingerprint density at radius 1 is 1.45 bits per heavy atom. The van der Waals surface area contributed by atoms with E-state index in [1.165, 1.54) is 6.07 Å². The van der Waals surface area contributed by atoms with E-state index in [0.29, 0.717) is 31.2 Å². The van der Waals surface area contributed by atoms with Crippen LogP contribution in [0.2, 0.25) is 0 Å². The van der Waals surface area contributed by atoms with Crippen molar-refractivity contribution in [2.45, 2.75) is 12.3 Å². The average molecular weight is 287 g/mol. The van der Waals surface area contributed by atoms with E-state index in [1.807, 2.05) is 0 Å². The van der Waals surface area contributed by atoms with Gasteiger partial charge in [0.05, 0.1) is 18.7 Å². The summed E-state index contributed by atoms with van der Waals surface area (Å²) in [6.45, 7) is 1.38. The summed E-state index contributed by atoms with van der Waals surface area (Å²) in [5.74, 6) is 0.366. The Bertz CT molecular complexity index is 502. The topological polar surface area (TPSA) is 50.8 Å². The van der Waals surface area contributed by atoms with Crippen LogP contribution < -0.4 is 5.73 Å². The van der Waals surface area contributed by atoms with Crippen LogP contribution in [0.25, 0.3) is 0 Å². The summed E-state index contributed by atoms with van der Waals surface area (Å²) in [6.07, 6.45) is -4.79. The van der Waals surface area contributed by atoms with Gasteiger partial charge in [0.15, 0.2) is 5.96 Å². The fourth-order valence-corrected chi connectivity index (χ4v) is 2.12. The van der Waals surface area contributed by atoms with E-state index < -0.39 is 17.8 Å². The van der Waals surface area contributed by atoms with Crippen molar-refractivity contribution in [3.8, 4) is 0 Å². The van der Waals surface area contributed by atoms with E-state index in [2.05, 4.69) is 4.99 Å². The third-order valence-electron chi connectivity index (χ3n) is 3.21. The minimum Gasteiger partial charge on any atom is -0.370 e. The molecule has 1 heterocycles. The number of rotatable bonds is 1. The molecule has 1 aliphatic rings. The van der Waals surface area contributed by atoms with E-state index in [-0.39, 0.29) is 0 Å². The smallest absolute Gasteiger partial charge is 0.370 e. The zero-order valence-electron chi connectivity index (χ0n) is 11.0. The molecule has 7 heteroatoms. The standard InChI is InChI=1S/C13H16F3N3O/c1-18-12(17)19-5-6-20-11(8-19)9-3-2-4-10(7-9)13(14,15)16/h2-4,7,11H,5-6,8H2,1H3,(H2,17,18)/t11-/m1/s1. The summed E-state index contributed by atoms with van der Waals surface area (Å²) in [7, 11) is 1.57. The highest BCUT2D eigenvalue weighted by Crippen LogP contribution is 2.32. The summed E-state index contributed by atoms with van der Waals surface area (Å²) in [6, 6.07) is 5.18. The lowest BCUT2D eigenvalue weighted by molar-refractivity contribution is -0.137. The number of morpholine rings is 1. The number of guanidine groups is 1. The molecule has 2 N–H and O–H groups in total. The second-order valence-corrected chi connectivity index (χ2v) is 4.51. The molecule has 0 bridgehead atoms. The second kappa shape index (κ2) is 5.70. The van der Waals surface area contributed by atoms with Crippen molar-refractivity contribution in [2.24, 2.45) is 10.7 Å². The van der Waals surface area contributed by atoms with E-state index in [0.717, 1.165) is 12.1 Å². The van der Waals surface area contributed by atoms with Crippen LogP contribution in [0.4, 0.5) is 13.2 Å². The minimum atomic E-state index is -4.35. The molecular formula is C13H16F3N3O. The maximum Gasteiger partial charge on any atom is 0.416 e. The summed E-state index contributed by atoms with van der Waals surface area (Å²) in [5.41, 5.74) is 5.55. The van der Waals surface area contributed by atoms with Crippen molar-refractivity contribution in [1.29, 1.82) is 0 Å². The van der Waals surface area contributed by atoms with Gasteiger partial charge in [0.1, 0.15) is 6.10 Å². The average Bonchev–Trinajstić information content (AvgIpc) is 2.46. The Kier molecular flexibility index (Phi) is 4.17. The first-order valence-corrected chi connectivity index (χ1v) is 6.18. The molecule has 1 aromatic rings. The van der Waals surface area contributed by atoms with Crippen LogP contribution in [0.1, 0.15) is 17.2 Å². The lowest BCUT2D eigenvalue weighted by atomic mass is 10.0. The van der Waals surface area contributed by atoms with Gasteiger partial charge in [0, 0.05) is 13.6 Å². The van der Waals surface area contributed by atoms with Crippen LogP contribution in [-0.2, 0) is 10.9 Å². The fraction of sp³-hybridized carbons (Fsp3) is 0.462. The lowest BCUT2D eigenvalue weighted by Crippen LogP contribution is -2.45. The van der Waals surface area contributed by atoms with Crippen LogP contribution in [-0.4, -0.2) is 37.6 Å². The molecule has 2 rings (SSSR count). The number of alkyl halides is 3. The number of ether oxygens (including phenoxy) is 1. The summed E-state index contributed by atoms with van der Waals surface area (Å²) >= 11 is 0. The molecule has 4 nitrogen and oxygen atoms in total. The van der Waals surface area contributed by atoms with Crippen LogP contribution in [0.3, 0.4) is 0 Å². The number of nitrogens with zero attached hydrogens (tertiary/aromatic N) is 2. The van der Waals surface area contributed by atoms with Gasteiger partial charge in [-0.2, -0.15) is 13.2 Å². The van der Waals surface area contributed by atoms with E-state index in [9.17, 15) is 13.2 Å². The predicted octanol–water partition coefficient (Wildman–Crippen LogP) is 2.02. The first-order chi connectivity index (χ1) is 9.41. The summed E-state index contributed by atoms with van der Waals surface area (Å²) in [4.78, 5) is 5.68. The summed E-state index contributed by atoms with van der Waals surface area (Å²) in [5, 5.41) is 0. The highest BCUT2D eigenvalue weighted by Gasteiger charge is 2.32. The number of benzene rings is 1. The molecule has 1 atom stereocenters. The second-order valence-electron chi connectivity index (χ2n) is 4.51. The Morgan fingerprint density at radius 3 is 2.85 bits per heavy atom. The van der Waals surface area contributed by atoms with E-state index >= 15 is 0 Å². The zero-order valence-corrected chi connectivity index (χ0v) is 11.0. The molecule has 1 aliphatic heterocycles. The quantitative estimate of drug-likeness (QED) is 0.635. The Morgan fingerprint density at radius 2 is 2.20 bits per heavy atom. The van der Waals surface area contributed by atoms with Crippen LogP contribution in [0, 0.1) is 0 Å². The van der Waals surface area contributed by atoms with Gasteiger partial charge in [0.2, 0.25) is 0 Å². The highest BCUT2D eigenvalue weighted by atomic mass is 19.4. The first kappa shape index (κ1) is 14.6. The van der Waals surface area contributed by atoms with E-state index in [4.69, 9.17) is 10.5 Å². The molecule has 1 aromatic carbocycles. The van der Waals surface area contributed by atoms with Crippen molar-refractivity contribution in [1.82, 2.24) is 4.90 Å². The molecule has 0 aliphatic carbocycles. The molecule has 110 valence electrons. The highest BCUT2D eigenvalue weighted by molar-refractivity contribution is 5.78. The Hall–Kier alpha value is -1.76. The number of hydrogen-bond donors (Lipinski definition) is 1. The van der Waals surface area contributed by atoms with Gasteiger partial charge in [0.25, 0.3) is 0 Å². The maximum absolute atomic E-state index is 12.7. The molecule has 1 saturated heterocycles. The van der Waals surface area contributed by atoms with E-state index in [1.54, 1.807) is 18.0 Å². The van der Waals surface area contributed by atoms with Gasteiger partial charge in [-0.3, -0.25) is 4.99 Å². The van der Waals surface area contributed by atoms with Crippen molar-refractivity contribution in [3.05, 3.63) is 35.4 Å². The Balaban J connectivity index is 2.19. The molecule has 0 aromatic heterocycles. The number of hydrogen-bond acceptors (Lipinski definition) is 2. The molecular weight excluding hydrogens is 271 g/mol. The molecule has 0 saturated carbocycles. The van der Waals surface area contributed by atoms with Gasteiger partial charge in [-0.1, -0.05) is 12.1 Å². The SMILES string of the molecule is CN=C(N)N1CCO[C@@H](c2cccc(C(F)(F)F)c2)C1. The molecule has 20 heavy (non-hydrogen) atoms. The zero-order chi connectivity index (χ0) is 14.8. The van der Waals surface area contributed by atoms with Crippen LogP contribution in [0.5, 0.6) is 0 Å². The molecule has 0 spiro atoms. The largest absolute Gasteiger partial charge is 0.416 e. The van der Waals surface area contributed by atoms with Crippen molar-refractivity contribution >= 4 is 5.96 Å². The molecule has 0 amide bonds. The molecule has 1 fully saturated rings.